The van der Waals surface area contributed by atoms with Gasteiger partial charge in [0.1, 0.15) is 0 Å². The predicted octanol–water partition coefficient (Wildman–Crippen LogP) is 1.28. The molecule has 0 aliphatic heterocycles. The molecule has 3 aromatic rings. The van der Waals surface area contributed by atoms with Crippen LogP contribution in [0.25, 0.3) is 4.96 Å². The van der Waals surface area contributed by atoms with Crippen LogP contribution in [0.3, 0.4) is 0 Å². The fraction of sp³-hybridized carbons (Fsp3) is 0.455. The van der Waals surface area contributed by atoms with Gasteiger partial charge < -0.3 is 5.32 Å². The lowest BCUT2D eigenvalue weighted by Crippen LogP contribution is -2.20. The van der Waals surface area contributed by atoms with Crippen molar-refractivity contribution >= 4 is 28.1 Å². The lowest BCUT2D eigenvalue weighted by Gasteiger charge is -2.03. The number of tetrazole rings is 1. The topological polar surface area (TPSA) is 72.9 Å². The summed E-state index contributed by atoms with van der Waals surface area (Å²) in [4.78, 5) is 5.57. The molecule has 0 bridgehead atoms. The van der Waals surface area contributed by atoms with Crippen LogP contribution in [0.15, 0.2) is 22.9 Å². The van der Waals surface area contributed by atoms with E-state index in [9.17, 15) is 0 Å². The Balaban J connectivity index is 1.60. The SMILES string of the molecule is CCNCCn1nnnc1SCc1cn2ccsc2n1. The second-order valence-corrected chi connectivity index (χ2v) is 5.97. The molecule has 1 N–H and O–H groups in total. The molecule has 7 nitrogen and oxygen atoms in total. The molecule has 0 amide bonds. The first-order valence-electron chi connectivity index (χ1n) is 6.37. The van der Waals surface area contributed by atoms with E-state index in [1.807, 2.05) is 26.9 Å². The maximum atomic E-state index is 4.55. The van der Waals surface area contributed by atoms with Gasteiger partial charge in [0, 0.05) is 30.1 Å². The summed E-state index contributed by atoms with van der Waals surface area (Å²) in [7, 11) is 0. The Morgan fingerprint density at radius 2 is 2.40 bits per heavy atom. The van der Waals surface area contributed by atoms with Crippen LogP contribution in [0, 0.1) is 0 Å². The van der Waals surface area contributed by atoms with Gasteiger partial charge in [-0.15, -0.1) is 16.4 Å². The first-order valence-corrected chi connectivity index (χ1v) is 8.24. The third-order valence-corrected chi connectivity index (χ3v) is 4.50. The number of thioether (sulfide) groups is 1. The minimum absolute atomic E-state index is 0.774. The van der Waals surface area contributed by atoms with Crippen LogP contribution in [-0.2, 0) is 12.3 Å². The molecule has 0 fully saturated rings. The van der Waals surface area contributed by atoms with Crippen molar-refractivity contribution in [3.63, 3.8) is 0 Å². The molecule has 20 heavy (non-hydrogen) atoms. The Hall–Kier alpha value is -1.45. The number of thiazole rings is 1. The van der Waals surface area contributed by atoms with Crippen molar-refractivity contribution in [3.8, 4) is 0 Å². The molecule has 3 aromatic heterocycles. The second-order valence-electron chi connectivity index (χ2n) is 4.15. The lowest BCUT2D eigenvalue weighted by molar-refractivity contribution is 0.517. The molecule has 0 aliphatic rings. The van der Waals surface area contributed by atoms with Gasteiger partial charge in [0.05, 0.1) is 12.2 Å². The number of hydrogen-bond acceptors (Lipinski definition) is 7. The van der Waals surface area contributed by atoms with Crippen molar-refractivity contribution in [3.05, 3.63) is 23.5 Å². The van der Waals surface area contributed by atoms with E-state index in [2.05, 4.69) is 32.7 Å². The van der Waals surface area contributed by atoms with Crippen LogP contribution >= 0.6 is 23.1 Å². The number of hydrogen-bond donors (Lipinski definition) is 1. The molecule has 0 aliphatic carbocycles. The zero-order valence-corrected chi connectivity index (χ0v) is 12.7. The van der Waals surface area contributed by atoms with E-state index in [1.54, 1.807) is 23.1 Å². The summed E-state index contributed by atoms with van der Waals surface area (Å²) in [6, 6.07) is 0. The highest BCUT2D eigenvalue weighted by Crippen LogP contribution is 2.20. The van der Waals surface area contributed by atoms with Gasteiger partial charge in [-0.05, 0) is 17.0 Å². The average molecular weight is 309 g/mol. The van der Waals surface area contributed by atoms with Crippen LogP contribution in [-0.4, -0.2) is 42.7 Å². The van der Waals surface area contributed by atoms with Crippen molar-refractivity contribution < 1.29 is 0 Å². The monoisotopic (exact) mass is 309 g/mol. The van der Waals surface area contributed by atoms with E-state index in [4.69, 9.17) is 0 Å². The molecule has 0 unspecified atom stereocenters. The minimum Gasteiger partial charge on any atom is -0.315 e. The van der Waals surface area contributed by atoms with Crippen molar-refractivity contribution in [2.45, 2.75) is 24.4 Å². The molecular formula is C11H15N7S2. The summed E-state index contributed by atoms with van der Waals surface area (Å²) in [6.45, 7) is 4.69. The zero-order valence-electron chi connectivity index (χ0n) is 11.1. The van der Waals surface area contributed by atoms with Gasteiger partial charge in [0.25, 0.3) is 0 Å². The maximum absolute atomic E-state index is 4.55. The fourth-order valence-electron chi connectivity index (χ4n) is 1.79. The van der Waals surface area contributed by atoms with Crippen molar-refractivity contribution in [2.24, 2.45) is 0 Å². The highest BCUT2D eigenvalue weighted by atomic mass is 32.2. The van der Waals surface area contributed by atoms with E-state index < -0.39 is 0 Å². The van der Waals surface area contributed by atoms with E-state index in [0.29, 0.717) is 0 Å². The van der Waals surface area contributed by atoms with Gasteiger partial charge in [-0.2, -0.15) is 0 Å². The van der Waals surface area contributed by atoms with E-state index in [-0.39, 0.29) is 0 Å². The highest BCUT2D eigenvalue weighted by molar-refractivity contribution is 7.98. The van der Waals surface area contributed by atoms with E-state index in [0.717, 1.165) is 41.2 Å². The molecule has 0 saturated carbocycles. The summed E-state index contributed by atoms with van der Waals surface area (Å²) in [6.07, 6.45) is 4.06. The maximum Gasteiger partial charge on any atom is 0.209 e. The van der Waals surface area contributed by atoms with Gasteiger partial charge in [0.2, 0.25) is 5.16 Å². The first-order chi connectivity index (χ1) is 9.86. The number of likely N-dealkylation sites (N-methyl/N-ethyl adjacent to an activating group) is 1. The van der Waals surface area contributed by atoms with E-state index >= 15 is 0 Å². The van der Waals surface area contributed by atoms with Crippen molar-refractivity contribution in [2.75, 3.05) is 13.1 Å². The number of rotatable bonds is 7. The van der Waals surface area contributed by atoms with E-state index in [1.165, 1.54) is 0 Å². The van der Waals surface area contributed by atoms with Crippen LogP contribution in [0.4, 0.5) is 0 Å². The van der Waals surface area contributed by atoms with Crippen LogP contribution in [0.2, 0.25) is 0 Å². The molecule has 0 aromatic carbocycles. The minimum atomic E-state index is 0.774. The number of fused-ring (bicyclic) bond motifs is 1. The highest BCUT2D eigenvalue weighted by Gasteiger charge is 2.09. The molecular weight excluding hydrogens is 294 g/mol. The van der Waals surface area contributed by atoms with Crippen LogP contribution in [0.5, 0.6) is 0 Å². The largest absolute Gasteiger partial charge is 0.315 e. The summed E-state index contributed by atoms with van der Waals surface area (Å²) in [5.41, 5.74) is 1.04. The van der Waals surface area contributed by atoms with Gasteiger partial charge in [-0.1, -0.05) is 18.7 Å². The Bertz CT molecular complexity index is 642. The average Bonchev–Trinajstić information content (AvgIpc) is 3.11. The molecule has 106 valence electrons. The predicted molar refractivity (Wildman–Crippen MR) is 79.0 cm³/mol. The number of nitrogens with zero attached hydrogens (tertiary/aromatic N) is 6. The van der Waals surface area contributed by atoms with Gasteiger partial charge in [-0.25, -0.2) is 9.67 Å². The lowest BCUT2D eigenvalue weighted by atomic mass is 10.6. The number of aromatic nitrogens is 6. The molecule has 0 radical (unpaired) electrons. The Morgan fingerprint density at radius 3 is 3.25 bits per heavy atom. The smallest absolute Gasteiger partial charge is 0.209 e. The molecule has 0 saturated heterocycles. The van der Waals surface area contributed by atoms with Crippen molar-refractivity contribution in [1.82, 2.24) is 34.9 Å². The van der Waals surface area contributed by atoms with Crippen molar-refractivity contribution in [1.29, 1.82) is 0 Å². The fourth-order valence-corrected chi connectivity index (χ4v) is 3.29. The zero-order chi connectivity index (χ0) is 13.8. The standard InChI is InChI=1S/C11H15N7S2/c1-2-12-3-4-18-11(14-15-16-18)20-8-9-7-17-5-6-19-10(17)13-9/h5-7,12H,2-4,8H2,1H3. The van der Waals surface area contributed by atoms with Gasteiger partial charge in [0.15, 0.2) is 4.96 Å². The number of nitrogens with one attached hydrogen (secondary N) is 1. The third-order valence-electron chi connectivity index (χ3n) is 2.74. The first kappa shape index (κ1) is 13.5. The molecule has 3 rings (SSSR count). The molecule has 9 heteroatoms. The molecule has 0 spiro atoms. The Morgan fingerprint density at radius 1 is 1.45 bits per heavy atom. The number of imidazole rings is 1. The van der Waals surface area contributed by atoms with Gasteiger partial charge in [-0.3, -0.25) is 4.40 Å². The molecule has 0 atom stereocenters. The third kappa shape index (κ3) is 3.00. The normalized spacial score (nSPS) is 11.4. The van der Waals surface area contributed by atoms with Crippen LogP contribution < -0.4 is 5.32 Å². The second kappa shape index (κ2) is 6.33. The van der Waals surface area contributed by atoms with Gasteiger partial charge >= 0.3 is 0 Å². The Labute approximate surface area is 124 Å². The van der Waals surface area contributed by atoms with Crippen LogP contribution in [0.1, 0.15) is 12.6 Å². The summed E-state index contributed by atoms with van der Waals surface area (Å²) >= 11 is 3.25. The quantitative estimate of drug-likeness (QED) is 0.523. The molecule has 3 heterocycles. The summed E-state index contributed by atoms with van der Waals surface area (Å²) in [5.74, 6) is 0.774. The summed E-state index contributed by atoms with van der Waals surface area (Å²) < 4.78 is 3.86. The Kier molecular flexibility index (Phi) is 4.28. The summed E-state index contributed by atoms with van der Waals surface area (Å²) in [5, 5.41) is 17.9.